The normalized spacial score (nSPS) is 13.5. The van der Waals surface area contributed by atoms with Crippen LogP contribution in [0.5, 0.6) is 0 Å². The van der Waals surface area contributed by atoms with Gasteiger partial charge >= 0.3 is 0 Å². The Labute approximate surface area is 75.6 Å². The van der Waals surface area contributed by atoms with Gasteiger partial charge in [-0.15, -0.1) is 0 Å². The van der Waals surface area contributed by atoms with E-state index in [4.69, 9.17) is 15.5 Å². The van der Waals surface area contributed by atoms with E-state index in [0.717, 1.165) is 0 Å². The van der Waals surface area contributed by atoms with Gasteiger partial charge in [0.2, 0.25) is 6.04 Å². The molecule has 0 aromatic rings. The van der Waals surface area contributed by atoms with Crippen molar-refractivity contribution >= 4 is 6.72 Å². The number of nitro groups is 1. The van der Waals surface area contributed by atoms with Crippen LogP contribution >= 0.6 is 0 Å². The van der Waals surface area contributed by atoms with Crippen molar-refractivity contribution in [2.75, 3.05) is 0 Å². The maximum atomic E-state index is 10.0. The molecule has 0 saturated carbocycles. The summed E-state index contributed by atoms with van der Waals surface area (Å²) in [6.45, 7) is 5.58. The molecule has 2 N–H and O–H groups in total. The van der Waals surface area contributed by atoms with E-state index in [-0.39, 0.29) is 0 Å². The highest BCUT2D eigenvalue weighted by molar-refractivity contribution is 5.13. The molecule has 0 aromatic heterocycles. The van der Waals surface area contributed by atoms with E-state index in [0.29, 0.717) is 6.42 Å². The van der Waals surface area contributed by atoms with Crippen LogP contribution in [0.25, 0.3) is 0 Å². The summed E-state index contributed by atoms with van der Waals surface area (Å²) in [7, 11) is 0. The van der Waals surface area contributed by atoms with Crippen molar-refractivity contribution in [3.8, 4) is 0 Å². The van der Waals surface area contributed by atoms with Crippen molar-refractivity contribution in [3.63, 3.8) is 0 Å². The predicted octanol–water partition coefficient (Wildman–Crippen LogP) is 0.00900. The Balaban J connectivity index is 0. The molecule has 0 fully saturated rings. The third-order valence-electron chi connectivity index (χ3n) is 1.25. The van der Waals surface area contributed by atoms with Crippen LogP contribution in [0.1, 0.15) is 20.3 Å². The van der Waals surface area contributed by atoms with Gasteiger partial charge in [-0.1, -0.05) is 6.92 Å². The summed E-state index contributed by atoms with van der Waals surface area (Å²) >= 11 is 0. The summed E-state index contributed by atoms with van der Waals surface area (Å²) in [6, 6.07) is -0.801. The van der Waals surface area contributed by atoms with Crippen LogP contribution in [0.2, 0.25) is 0 Å². The quantitative estimate of drug-likeness (QED) is 0.216. The van der Waals surface area contributed by atoms with E-state index >= 15 is 0 Å². The summed E-state index contributed by atoms with van der Waals surface area (Å²) < 4.78 is 0. The molecule has 7 heteroatoms. The number of hydrogen-bond donors (Lipinski definition) is 2. The fraction of sp³-hybridized carbons (Fsp3) is 0.833. The molecule has 0 spiro atoms. The van der Waals surface area contributed by atoms with Gasteiger partial charge in [-0.05, 0) is 6.92 Å². The number of rotatable bonds is 3. The zero-order valence-corrected chi connectivity index (χ0v) is 7.58. The standard InChI is InChI=1S/C5H11NO3.CH3NO2/c1-3-5(4(2)7)6(8)9;1-2(3)4/h4-5,7H,3H2,1-2H3;1H2,(H,3,4). The lowest BCUT2D eigenvalue weighted by Gasteiger charge is -2.07. The Morgan fingerprint density at radius 1 is 1.54 bits per heavy atom. The van der Waals surface area contributed by atoms with Crippen LogP contribution < -0.4 is 0 Å². The van der Waals surface area contributed by atoms with Gasteiger partial charge in [0.1, 0.15) is 6.10 Å². The van der Waals surface area contributed by atoms with Gasteiger partial charge in [-0.3, -0.25) is 15.3 Å². The summed E-state index contributed by atoms with van der Waals surface area (Å²) in [4.78, 5) is 9.06. The van der Waals surface area contributed by atoms with Crippen LogP contribution in [0.4, 0.5) is 0 Å². The van der Waals surface area contributed by atoms with Crippen LogP contribution in [-0.4, -0.2) is 39.0 Å². The average molecular weight is 194 g/mol. The number of nitrogens with zero attached hydrogens (tertiary/aromatic N) is 2. The molecule has 0 aliphatic carbocycles. The molecular weight excluding hydrogens is 180 g/mol. The van der Waals surface area contributed by atoms with Gasteiger partial charge in [0.15, 0.2) is 6.72 Å². The molecule has 78 valence electrons. The molecule has 0 aromatic carbocycles. The molecule has 2 atom stereocenters. The molecule has 0 rings (SSSR count). The molecule has 7 nitrogen and oxygen atoms in total. The highest BCUT2D eigenvalue weighted by atomic mass is 16.8. The number of hydrogen-bond acceptors (Lipinski definition) is 5. The van der Waals surface area contributed by atoms with Gasteiger partial charge in [-0.25, -0.2) is 0 Å². The first-order chi connectivity index (χ1) is 5.82. The van der Waals surface area contributed by atoms with E-state index in [2.05, 4.69) is 6.72 Å². The molecule has 0 amide bonds. The first-order valence-electron chi connectivity index (χ1n) is 3.61. The van der Waals surface area contributed by atoms with Crippen LogP contribution in [-0.2, 0) is 0 Å². The van der Waals surface area contributed by atoms with Crippen LogP contribution in [0, 0.1) is 15.3 Å². The number of aliphatic hydroxyl groups is 1. The minimum Gasteiger partial charge on any atom is -0.418 e. The lowest BCUT2D eigenvalue weighted by atomic mass is 10.1. The molecule has 2 unspecified atom stereocenters. The molecule has 0 bridgehead atoms. The largest absolute Gasteiger partial charge is 0.418 e. The molecule has 0 aliphatic heterocycles. The topological polar surface area (TPSA) is 110 Å². The fourth-order valence-electron chi connectivity index (χ4n) is 0.666. The molecule has 0 saturated heterocycles. The molecule has 0 radical (unpaired) electrons. The van der Waals surface area contributed by atoms with E-state index in [9.17, 15) is 10.1 Å². The first-order valence-corrected chi connectivity index (χ1v) is 3.61. The first kappa shape index (κ1) is 14.2. The Morgan fingerprint density at radius 2 is 1.85 bits per heavy atom. The van der Waals surface area contributed by atoms with Crippen molar-refractivity contribution in [2.24, 2.45) is 0 Å². The Bertz CT molecular complexity index is 166. The van der Waals surface area contributed by atoms with E-state index in [1.165, 1.54) is 6.92 Å². The lowest BCUT2D eigenvalue weighted by Crippen LogP contribution is -2.30. The van der Waals surface area contributed by atoms with Crippen molar-refractivity contribution < 1.29 is 20.1 Å². The van der Waals surface area contributed by atoms with E-state index < -0.39 is 22.0 Å². The van der Waals surface area contributed by atoms with Crippen molar-refractivity contribution in [3.05, 3.63) is 15.3 Å². The zero-order valence-electron chi connectivity index (χ0n) is 7.58. The summed E-state index contributed by atoms with van der Waals surface area (Å²) in [6.07, 6.45) is -0.463. The minimum atomic E-state index is -0.843. The third-order valence-corrected chi connectivity index (χ3v) is 1.25. The molecular formula is C6H14N2O5. The SMILES string of the molecule is C=[N+]([O-])O.CCC(C(C)O)[N+](=O)[O-]. The highest BCUT2D eigenvalue weighted by Gasteiger charge is 2.22. The third kappa shape index (κ3) is 10.6. The predicted molar refractivity (Wildman–Crippen MR) is 45.3 cm³/mol. The summed E-state index contributed by atoms with van der Waals surface area (Å²) in [5, 5.41) is 34.8. The molecule has 0 heterocycles. The lowest BCUT2D eigenvalue weighted by molar-refractivity contribution is -0.719. The second-order valence-electron chi connectivity index (χ2n) is 2.35. The monoisotopic (exact) mass is 194 g/mol. The summed E-state index contributed by atoms with van der Waals surface area (Å²) in [5.41, 5.74) is 0. The Kier molecular flexibility index (Phi) is 7.94. The second-order valence-corrected chi connectivity index (χ2v) is 2.35. The van der Waals surface area contributed by atoms with Crippen LogP contribution in [0.15, 0.2) is 0 Å². The van der Waals surface area contributed by atoms with Crippen LogP contribution in [0.3, 0.4) is 0 Å². The molecule has 13 heavy (non-hydrogen) atoms. The van der Waals surface area contributed by atoms with Crippen molar-refractivity contribution in [1.82, 2.24) is 0 Å². The smallest absolute Gasteiger partial charge is 0.238 e. The summed E-state index contributed by atoms with van der Waals surface area (Å²) in [5.74, 6) is 0. The van der Waals surface area contributed by atoms with Gasteiger partial charge < -0.3 is 10.3 Å². The van der Waals surface area contributed by atoms with Gasteiger partial charge in [0.25, 0.3) is 0 Å². The van der Waals surface area contributed by atoms with Crippen molar-refractivity contribution in [2.45, 2.75) is 32.4 Å². The van der Waals surface area contributed by atoms with E-state index in [1.807, 2.05) is 0 Å². The zero-order chi connectivity index (χ0) is 11.0. The fourth-order valence-corrected chi connectivity index (χ4v) is 0.666. The Hall–Kier alpha value is -1.37. The van der Waals surface area contributed by atoms with Gasteiger partial charge in [0, 0.05) is 16.2 Å². The minimum absolute atomic E-state index is 0.380. The maximum Gasteiger partial charge on any atom is 0.238 e. The van der Waals surface area contributed by atoms with Crippen molar-refractivity contribution in [1.29, 1.82) is 0 Å². The average Bonchev–Trinajstić information content (AvgIpc) is 1.84. The molecule has 0 aliphatic rings. The second kappa shape index (κ2) is 7.29. The highest BCUT2D eigenvalue weighted by Crippen LogP contribution is 2.00. The number of aliphatic hydroxyl groups excluding tert-OH is 1. The van der Waals surface area contributed by atoms with E-state index in [1.54, 1.807) is 6.92 Å². The van der Waals surface area contributed by atoms with Gasteiger partial charge in [-0.2, -0.15) is 0 Å². The maximum absolute atomic E-state index is 10.0. The van der Waals surface area contributed by atoms with Gasteiger partial charge in [0.05, 0.1) is 0 Å². The Morgan fingerprint density at radius 3 is 1.85 bits per heavy atom.